The molecule has 1 aliphatic heterocycles. The molecule has 0 aliphatic carbocycles. The van der Waals surface area contributed by atoms with Crippen molar-refractivity contribution in [3.05, 3.63) is 29.8 Å². The standard InChI is InChI=1S/C23H38N4O2/c1-24-22(28)8-6-4-5-7-9-23(29)27-18-16-26(17-19-27)15-14-20-10-12-21(13-11-20)25(2)3/h10-13H,4-9,14-19H2,1-3H3,(H,24,28). The Morgan fingerprint density at radius 3 is 2.14 bits per heavy atom. The number of piperazine rings is 1. The third kappa shape index (κ3) is 8.44. The van der Waals surface area contributed by atoms with Crippen LogP contribution in [0.5, 0.6) is 0 Å². The Kier molecular flexibility index (Phi) is 9.98. The van der Waals surface area contributed by atoms with E-state index in [0.29, 0.717) is 12.8 Å². The maximum atomic E-state index is 12.4. The van der Waals surface area contributed by atoms with Crippen LogP contribution in [0.4, 0.5) is 5.69 Å². The van der Waals surface area contributed by atoms with Gasteiger partial charge in [0, 0.05) is 72.4 Å². The van der Waals surface area contributed by atoms with Gasteiger partial charge < -0.3 is 15.1 Å². The summed E-state index contributed by atoms with van der Waals surface area (Å²) in [5, 5.41) is 2.64. The van der Waals surface area contributed by atoms with Crippen molar-refractivity contribution in [2.75, 3.05) is 58.8 Å². The zero-order valence-corrected chi connectivity index (χ0v) is 18.5. The van der Waals surface area contributed by atoms with Crippen LogP contribution >= 0.6 is 0 Å². The van der Waals surface area contributed by atoms with Crippen molar-refractivity contribution < 1.29 is 9.59 Å². The van der Waals surface area contributed by atoms with Gasteiger partial charge in [0.2, 0.25) is 11.8 Å². The predicted octanol–water partition coefficient (Wildman–Crippen LogP) is 2.53. The molecule has 6 heteroatoms. The van der Waals surface area contributed by atoms with E-state index in [1.807, 2.05) is 4.90 Å². The summed E-state index contributed by atoms with van der Waals surface area (Å²) in [6, 6.07) is 8.77. The van der Waals surface area contributed by atoms with Gasteiger partial charge in [-0.3, -0.25) is 14.5 Å². The van der Waals surface area contributed by atoms with Gasteiger partial charge in [-0.15, -0.1) is 0 Å². The Morgan fingerprint density at radius 2 is 1.55 bits per heavy atom. The number of nitrogens with zero attached hydrogens (tertiary/aromatic N) is 3. The van der Waals surface area contributed by atoms with Gasteiger partial charge in [-0.05, 0) is 37.0 Å². The summed E-state index contributed by atoms with van der Waals surface area (Å²) in [4.78, 5) is 30.2. The van der Waals surface area contributed by atoms with Crippen LogP contribution in [0.25, 0.3) is 0 Å². The molecule has 0 aromatic heterocycles. The second kappa shape index (κ2) is 12.5. The van der Waals surface area contributed by atoms with Gasteiger partial charge in [-0.1, -0.05) is 25.0 Å². The lowest BCUT2D eigenvalue weighted by Crippen LogP contribution is -2.49. The third-order valence-electron chi connectivity index (χ3n) is 5.72. The monoisotopic (exact) mass is 402 g/mol. The van der Waals surface area contributed by atoms with Gasteiger partial charge in [0.15, 0.2) is 0 Å². The highest BCUT2D eigenvalue weighted by Gasteiger charge is 2.20. The lowest BCUT2D eigenvalue weighted by atomic mass is 10.1. The molecule has 2 rings (SSSR count). The predicted molar refractivity (Wildman–Crippen MR) is 119 cm³/mol. The van der Waals surface area contributed by atoms with Crippen LogP contribution < -0.4 is 10.2 Å². The van der Waals surface area contributed by atoms with Crippen LogP contribution in [0, 0.1) is 0 Å². The highest BCUT2D eigenvalue weighted by molar-refractivity contribution is 5.76. The van der Waals surface area contributed by atoms with E-state index in [0.717, 1.165) is 64.8 Å². The van der Waals surface area contributed by atoms with E-state index in [2.05, 4.69) is 53.5 Å². The highest BCUT2D eigenvalue weighted by Crippen LogP contribution is 2.14. The smallest absolute Gasteiger partial charge is 0.222 e. The first-order valence-corrected chi connectivity index (χ1v) is 11.0. The van der Waals surface area contributed by atoms with Crippen LogP contribution in [0.2, 0.25) is 0 Å². The first-order valence-electron chi connectivity index (χ1n) is 11.0. The lowest BCUT2D eigenvalue weighted by Gasteiger charge is -2.34. The van der Waals surface area contributed by atoms with E-state index in [4.69, 9.17) is 0 Å². The Morgan fingerprint density at radius 1 is 0.931 bits per heavy atom. The largest absolute Gasteiger partial charge is 0.378 e. The summed E-state index contributed by atoms with van der Waals surface area (Å²) < 4.78 is 0. The molecule has 1 aromatic carbocycles. The summed E-state index contributed by atoms with van der Waals surface area (Å²) >= 11 is 0. The van der Waals surface area contributed by atoms with Gasteiger partial charge in [-0.25, -0.2) is 0 Å². The normalized spacial score (nSPS) is 14.7. The van der Waals surface area contributed by atoms with Gasteiger partial charge >= 0.3 is 0 Å². The van der Waals surface area contributed by atoms with E-state index >= 15 is 0 Å². The molecule has 1 heterocycles. The minimum atomic E-state index is 0.101. The summed E-state index contributed by atoms with van der Waals surface area (Å²) in [5.74, 6) is 0.389. The van der Waals surface area contributed by atoms with Crippen molar-refractivity contribution in [1.29, 1.82) is 0 Å². The fraction of sp³-hybridized carbons (Fsp3) is 0.652. The van der Waals surface area contributed by atoms with E-state index < -0.39 is 0 Å². The zero-order valence-electron chi connectivity index (χ0n) is 18.5. The van der Waals surface area contributed by atoms with E-state index in [1.165, 1.54) is 11.3 Å². The summed E-state index contributed by atoms with van der Waals surface area (Å²) in [6.45, 7) is 4.67. The molecule has 2 amide bonds. The van der Waals surface area contributed by atoms with Crippen LogP contribution in [0.15, 0.2) is 24.3 Å². The number of rotatable bonds is 11. The molecule has 0 bridgehead atoms. The SMILES string of the molecule is CNC(=O)CCCCCCC(=O)N1CCN(CCc2ccc(N(C)C)cc2)CC1. The van der Waals surface area contributed by atoms with Crippen LogP contribution in [-0.4, -0.2) is 75.5 Å². The van der Waals surface area contributed by atoms with Crippen molar-refractivity contribution in [2.24, 2.45) is 0 Å². The van der Waals surface area contributed by atoms with E-state index in [-0.39, 0.29) is 11.8 Å². The molecule has 1 fully saturated rings. The van der Waals surface area contributed by atoms with E-state index in [1.54, 1.807) is 7.05 Å². The molecule has 1 aliphatic rings. The average Bonchev–Trinajstić information content (AvgIpc) is 2.74. The van der Waals surface area contributed by atoms with Gasteiger partial charge in [0.05, 0.1) is 0 Å². The second-order valence-corrected chi connectivity index (χ2v) is 8.12. The van der Waals surface area contributed by atoms with E-state index in [9.17, 15) is 9.59 Å². The third-order valence-corrected chi connectivity index (χ3v) is 5.72. The maximum absolute atomic E-state index is 12.4. The molecular weight excluding hydrogens is 364 g/mol. The van der Waals surface area contributed by atoms with Crippen LogP contribution in [-0.2, 0) is 16.0 Å². The van der Waals surface area contributed by atoms with Gasteiger partial charge in [0.1, 0.15) is 0 Å². The Balaban J connectivity index is 1.57. The number of benzene rings is 1. The van der Waals surface area contributed by atoms with Crippen molar-refractivity contribution >= 4 is 17.5 Å². The molecule has 0 atom stereocenters. The number of carbonyl (C=O) groups excluding carboxylic acids is 2. The fourth-order valence-corrected chi connectivity index (χ4v) is 3.67. The second-order valence-electron chi connectivity index (χ2n) is 8.12. The van der Waals surface area contributed by atoms with Gasteiger partial charge in [-0.2, -0.15) is 0 Å². The number of carbonyl (C=O) groups is 2. The van der Waals surface area contributed by atoms with Gasteiger partial charge in [0.25, 0.3) is 0 Å². The average molecular weight is 403 g/mol. The molecule has 162 valence electrons. The molecule has 0 radical (unpaired) electrons. The first kappa shape index (κ1) is 23.2. The Bertz CT molecular complexity index is 622. The molecule has 0 saturated carbocycles. The number of unbranched alkanes of at least 4 members (excludes halogenated alkanes) is 3. The first-order chi connectivity index (χ1) is 14.0. The molecule has 1 saturated heterocycles. The maximum Gasteiger partial charge on any atom is 0.222 e. The lowest BCUT2D eigenvalue weighted by molar-refractivity contribution is -0.133. The molecular formula is C23H38N4O2. The summed E-state index contributed by atoms with van der Waals surface area (Å²) in [5.41, 5.74) is 2.60. The number of hydrogen-bond acceptors (Lipinski definition) is 4. The molecule has 6 nitrogen and oxygen atoms in total. The number of nitrogens with one attached hydrogen (secondary N) is 1. The van der Waals surface area contributed by atoms with Crippen molar-refractivity contribution in [2.45, 2.75) is 44.9 Å². The molecule has 1 N–H and O–H groups in total. The van der Waals surface area contributed by atoms with Crippen molar-refractivity contribution in [1.82, 2.24) is 15.1 Å². The fourth-order valence-electron chi connectivity index (χ4n) is 3.67. The minimum absolute atomic E-state index is 0.101. The van der Waals surface area contributed by atoms with Crippen LogP contribution in [0.3, 0.4) is 0 Å². The Labute approximate surface area is 176 Å². The van der Waals surface area contributed by atoms with Crippen LogP contribution in [0.1, 0.15) is 44.1 Å². The molecule has 0 spiro atoms. The number of anilines is 1. The minimum Gasteiger partial charge on any atom is -0.378 e. The molecule has 1 aromatic rings. The molecule has 0 unspecified atom stereocenters. The topological polar surface area (TPSA) is 55.9 Å². The van der Waals surface area contributed by atoms with Crippen molar-refractivity contribution in [3.63, 3.8) is 0 Å². The number of hydrogen-bond donors (Lipinski definition) is 1. The highest BCUT2D eigenvalue weighted by atomic mass is 16.2. The summed E-state index contributed by atoms with van der Waals surface area (Å²) in [6.07, 6.45) is 6.15. The molecule has 29 heavy (non-hydrogen) atoms. The summed E-state index contributed by atoms with van der Waals surface area (Å²) in [7, 11) is 5.79. The quantitative estimate of drug-likeness (QED) is 0.578. The van der Waals surface area contributed by atoms with Crippen molar-refractivity contribution in [3.8, 4) is 0 Å². The number of amides is 2. The Hall–Kier alpha value is -2.08. The zero-order chi connectivity index (χ0) is 21.1.